The Morgan fingerprint density at radius 3 is 2.37 bits per heavy atom. The summed E-state index contributed by atoms with van der Waals surface area (Å²) >= 11 is 0. The minimum Gasteiger partial charge on any atom is -0.497 e. The zero-order valence-electron chi connectivity index (χ0n) is 21.1. The van der Waals surface area contributed by atoms with Crippen molar-refractivity contribution >= 4 is 40.5 Å². The minimum atomic E-state index is -1.42. The first-order chi connectivity index (χ1) is 18.0. The number of carbonyl (C=O) groups is 5. The van der Waals surface area contributed by atoms with E-state index in [1.54, 1.807) is 42.2 Å². The van der Waals surface area contributed by atoms with Crippen LogP contribution in [0.4, 0.5) is 0 Å². The molecule has 10 nitrogen and oxygen atoms in total. The first-order valence-electron chi connectivity index (χ1n) is 12.2. The Balaban J connectivity index is 1.41. The average molecular weight is 516 g/mol. The summed E-state index contributed by atoms with van der Waals surface area (Å²) in [5.41, 5.74) is 0.720. The number of benzene rings is 2. The van der Waals surface area contributed by atoms with E-state index in [2.05, 4.69) is 10.6 Å². The maximum Gasteiger partial charge on any atom is 0.254 e. The zero-order valence-corrected chi connectivity index (χ0v) is 21.1. The summed E-state index contributed by atoms with van der Waals surface area (Å²) in [6.45, 7) is 3.76. The number of nitrogens with zero attached hydrogens (tertiary/aromatic N) is 1. The molecule has 0 bridgehead atoms. The topological polar surface area (TPSA) is 135 Å². The van der Waals surface area contributed by atoms with Crippen molar-refractivity contribution in [2.45, 2.75) is 44.1 Å². The summed E-state index contributed by atoms with van der Waals surface area (Å²) in [5, 5.41) is 5.38. The van der Waals surface area contributed by atoms with E-state index in [1.165, 1.54) is 7.11 Å². The third-order valence-corrected chi connectivity index (χ3v) is 7.99. The normalized spacial score (nSPS) is 24.8. The lowest BCUT2D eigenvalue weighted by Gasteiger charge is -2.28. The van der Waals surface area contributed by atoms with E-state index in [9.17, 15) is 24.0 Å². The number of amides is 5. The number of methoxy groups -OCH3 is 1. The molecule has 38 heavy (non-hydrogen) atoms. The Hall–Kier alpha value is -4.47. The first-order valence-corrected chi connectivity index (χ1v) is 12.2. The van der Waals surface area contributed by atoms with Gasteiger partial charge in [-0.3, -0.25) is 34.6 Å². The van der Waals surface area contributed by atoms with Crippen LogP contribution in [0.1, 0.15) is 52.6 Å². The van der Waals surface area contributed by atoms with E-state index in [-0.39, 0.29) is 49.4 Å². The molecular weight excluding hydrogens is 490 g/mol. The molecule has 1 aromatic heterocycles. The van der Waals surface area contributed by atoms with Gasteiger partial charge in [-0.1, -0.05) is 12.1 Å². The molecular formula is C28H25N3O7. The number of carbonyl (C=O) groups excluding carboxylic acids is 5. The molecule has 0 aliphatic carbocycles. The van der Waals surface area contributed by atoms with E-state index >= 15 is 0 Å². The van der Waals surface area contributed by atoms with Gasteiger partial charge in [0, 0.05) is 30.5 Å². The predicted octanol–water partition coefficient (Wildman–Crippen LogP) is 1.99. The summed E-state index contributed by atoms with van der Waals surface area (Å²) in [6, 6.07) is 10.5. The van der Waals surface area contributed by atoms with Crippen molar-refractivity contribution in [3.8, 4) is 5.75 Å². The second-order valence-electron chi connectivity index (χ2n) is 10.5. The highest BCUT2D eigenvalue weighted by atomic mass is 16.5. The van der Waals surface area contributed by atoms with Crippen molar-refractivity contribution < 1.29 is 33.1 Å². The Morgan fingerprint density at radius 1 is 0.974 bits per heavy atom. The van der Waals surface area contributed by atoms with Crippen LogP contribution in [0.15, 0.2) is 40.8 Å². The van der Waals surface area contributed by atoms with Gasteiger partial charge >= 0.3 is 0 Å². The van der Waals surface area contributed by atoms with Crippen LogP contribution in [0.25, 0.3) is 11.0 Å². The van der Waals surface area contributed by atoms with Gasteiger partial charge in [0.2, 0.25) is 23.6 Å². The van der Waals surface area contributed by atoms with Gasteiger partial charge in [-0.2, -0.15) is 0 Å². The number of hydrogen-bond donors (Lipinski definition) is 2. The third kappa shape index (κ3) is 3.36. The van der Waals surface area contributed by atoms with Crippen LogP contribution in [0.3, 0.4) is 0 Å². The highest BCUT2D eigenvalue weighted by Gasteiger charge is 2.53. The lowest BCUT2D eigenvalue weighted by Crippen LogP contribution is -2.46. The Labute approximate surface area is 217 Å². The fourth-order valence-electron chi connectivity index (χ4n) is 5.80. The monoisotopic (exact) mass is 515 g/mol. The van der Waals surface area contributed by atoms with Gasteiger partial charge in [0.15, 0.2) is 0 Å². The number of fused-ring (bicyclic) bond motifs is 2. The number of imide groups is 2. The fourth-order valence-corrected chi connectivity index (χ4v) is 5.80. The van der Waals surface area contributed by atoms with Crippen molar-refractivity contribution in [3.63, 3.8) is 0 Å². The molecule has 0 spiro atoms. The van der Waals surface area contributed by atoms with E-state index in [4.69, 9.17) is 9.15 Å². The lowest BCUT2D eigenvalue weighted by molar-refractivity contribution is -0.128. The van der Waals surface area contributed by atoms with Crippen molar-refractivity contribution in [1.82, 2.24) is 15.5 Å². The molecule has 2 aromatic carbocycles. The minimum absolute atomic E-state index is 0.0325. The molecule has 1 unspecified atom stereocenters. The number of furan rings is 1. The molecule has 2 N–H and O–H groups in total. The smallest absolute Gasteiger partial charge is 0.254 e. The lowest BCUT2D eigenvalue weighted by atomic mass is 9.79. The Kier molecular flexibility index (Phi) is 5.04. The standard InChI is InChI=1S/C28H25N3O7/c1-14-6-17(27(2)10-21(32)29-25(27)35)7-16-8-20(38-23(14)16)28(11-22(33)30-26(28)36)13-31-12-15-4-5-18(37-3)9-19(15)24(31)34/h4-9H,10-13H2,1-3H3,(H,29,32,35)(H,30,33,36)/t27?,28-/m1/s1. The van der Waals surface area contributed by atoms with Gasteiger partial charge in [0.1, 0.15) is 22.5 Å². The molecule has 3 aromatic rings. The molecule has 2 saturated heterocycles. The molecule has 4 heterocycles. The van der Waals surface area contributed by atoms with E-state index < -0.39 is 22.6 Å². The average Bonchev–Trinajstić information content (AvgIpc) is 3.58. The van der Waals surface area contributed by atoms with Crippen molar-refractivity contribution in [1.29, 1.82) is 0 Å². The maximum absolute atomic E-state index is 13.3. The van der Waals surface area contributed by atoms with Gasteiger partial charge in [0.25, 0.3) is 5.91 Å². The van der Waals surface area contributed by atoms with Crippen molar-refractivity contribution in [2.24, 2.45) is 0 Å². The van der Waals surface area contributed by atoms with Gasteiger partial charge in [0.05, 0.1) is 18.9 Å². The SMILES string of the molecule is COc1ccc2c(c1)C(=O)N(C[C@@]1(c3cc4cc(C5(C)CC(=O)NC5=O)cc(C)c4o3)CC(=O)NC1=O)C2. The summed E-state index contributed by atoms with van der Waals surface area (Å²) in [5.74, 6) is -1.14. The number of aryl methyl sites for hydroxylation is 1. The summed E-state index contributed by atoms with van der Waals surface area (Å²) in [7, 11) is 1.52. The van der Waals surface area contributed by atoms with Gasteiger partial charge in [-0.05, 0) is 54.8 Å². The van der Waals surface area contributed by atoms with E-state index in [0.29, 0.717) is 33.4 Å². The molecule has 2 fully saturated rings. The number of rotatable bonds is 5. The number of hydrogen-bond acceptors (Lipinski definition) is 7. The number of nitrogens with one attached hydrogen (secondary N) is 2. The molecule has 5 amide bonds. The van der Waals surface area contributed by atoms with Gasteiger partial charge < -0.3 is 14.1 Å². The maximum atomic E-state index is 13.3. The van der Waals surface area contributed by atoms with Crippen LogP contribution in [0.2, 0.25) is 0 Å². The van der Waals surface area contributed by atoms with Crippen LogP contribution in [0, 0.1) is 6.92 Å². The van der Waals surface area contributed by atoms with Gasteiger partial charge in [-0.15, -0.1) is 0 Å². The fraction of sp³-hybridized carbons (Fsp3) is 0.321. The second kappa shape index (κ2) is 8.01. The molecule has 6 rings (SSSR count). The van der Waals surface area contributed by atoms with E-state index in [1.807, 2.05) is 13.0 Å². The van der Waals surface area contributed by atoms with Crippen LogP contribution >= 0.6 is 0 Å². The first kappa shape index (κ1) is 23.9. The molecule has 10 heteroatoms. The van der Waals surface area contributed by atoms with Crippen LogP contribution in [-0.4, -0.2) is 48.1 Å². The van der Waals surface area contributed by atoms with Crippen LogP contribution in [-0.2, 0) is 36.6 Å². The second-order valence-corrected chi connectivity index (χ2v) is 10.5. The highest BCUT2D eigenvalue weighted by molar-refractivity contribution is 6.11. The van der Waals surface area contributed by atoms with Crippen molar-refractivity contribution in [2.75, 3.05) is 13.7 Å². The molecule has 0 saturated carbocycles. The summed E-state index contributed by atoms with van der Waals surface area (Å²) in [6.07, 6.45) is -0.139. The zero-order chi connectivity index (χ0) is 27.0. The van der Waals surface area contributed by atoms with Crippen molar-refractivity contribution in [3.05, 3.63) is 64.4 Å². The molecule has 194 valence electrons. The van der Waals surface area contributed by atoms with Crippen LogP contribution < -0.4 is 15.4 Å². The molecule has 0 radical (unpaired) electrons. The van der Waals surface area contributed by atoms with Gasteiger partial charge in [-0.25, -0.2) is 0 Å². The highest BCUT2D eigenvalue weighted by Crippen LogP contribution is 2.41. The van der Waals surface area contributed by atoms with E-state index in [0.717, 1.165) is 5.56 Å². The molecule has 3 aliphatic heterocycles. The molecule has 2 atom stereocenters. The number of ether oxygens (including phenoxy) is 1. The summed E-state index contributed by atoms with van der Waals surface area (Å²) in [4.78, 5) is 65.1. The van der Waals surface area contributed by atoms with Crippen LogP contribution in [0.5, 0.6) is 5.75 Å². The molecule has 3 aliphatic rings. The third-order valence-electron chi connectivity index (χ3n) is 7.99. The predicted molar refractivity (Wildman–Crippen MR) is 133 cm³/mol. The Morgan fingerprint density at radius 2 is 1.71 bits per heavy atom. The Bertz CT molecular complexity index is 1610. The largest absolute Gasteiger partial charge is 0.497 e. The summed E-state index contributed by atoms with van der Waals surface area (Å²) < 4.78 is 11.5. The quantitative estimate of drug-likeness (QED) is 0.496.